The van der Waals surface area contributed by atoms with E-state index in [-0.39, 0.29) is 29.2 Å². The third-order valence-corrected chi connectivity index (χ3v) is 8.31. The van der Waals surface area contributed by atoms with Gasteiger partial charge in [0.2, 0.25) is 0 Å². The SMILES string of the molecule is CC(=O)/C=C/[C@@H]1[C@@H]2C[C@H]3C4=Nc5ccccc5[C@]45C[C@@H](C2C5OC(C)=O)N3[C@H]1C. The molecule has 1 aromatic rings. The Hall–Kier alpha value is -2.27. The Morgan fingerprint density at radius 2 is 2.07 bits per heavy atom. The standard InChI is InChI=1S/C24H26N2O3/c1-12(27)8-9-15-13(2)26-19-10-16(15)21-20(26)11-24(23(21)29-14(3)28)17-6-4-5-7-18(17)25-22(19)24/h4-9,13,15-16,19-21,23H,10-11H2,1-3H3/b9-8+/t13-,15-,16-,19-,20-,21?,23?,24+/m0/s1. The van der Waals surface area contributed by atoms with Crippen molar-refractivity contribution in [1.29, 1.82) is 0 Å². The molecule has 0 amide bonds. The summed E-state index contributed by atoms with van der Waals surface area (Å²) in [7, 11) is 0. The van der Waals surface area contributed by atoms with Crippen LogP contribution < -0.4 is 0 Å². The van der Waals surface area contributed by atoms with E-state index in [0.29, 0.717) is 30.0 Å². The van der Waals surface area contributed by atoms with E-state index in [0.717, 1.165) is 18.5 Å². The Morgan fingerprint density at radius 3 is 2.83 bits per heavy atom. The summed E-state index contributed by atoms with van der Waals surface area (Å²) in [6.07, 6.45) is 5.68. The third kappa shape index (κ3) is 2.02. The molecule has 1 saturated carbocycles. The summed E-state index contributed by atoms with van der Waals surface area (Å²) in [6.45, 7) is 5.42. The molecule has 1 aromatic carbocycles. The van der Waals surface area contributed by atoms with Crippen LogP contribution in [0.1, 0.15) is 39.2 Å². The molecule has 4 saturated heterocycles. The fourth-order valence-electron chi connectivity index (χ4n) is 7.61. The maximum absolute atomic E-state index is 12.2. The summed E-state index contributed by atoms with van der Waals surface area (Å²) in [5.74, 6) is 0.876. The van der Waals surface area contributed by atoms with Crippen molar-refractivity contribution in [3.8, 4) is 0 Å². The first-order chi connectivity index (χ1) is 13.9. The first kappa shape index (κ1) is 17.6. The molecule has 5 heterocycles. The molecule has 29 heavy (non-hydrogen) atoms. The van der Waals surface area contributed by atoms with Crippen molar-refractivity contribution in [2.75, 3.05) is 0 Å². The lowest BCUT2D eigenvalue weighted by atomic mass is 9.62. The molecular formula is C24H26N2O3. The van der Waals surface area contributed by atoms with Crippen molar-refractivity contribution in [1.82, 2.24) is 4.90 Å². The second-order valence-electron chi connectivity index (χ2n) is 9.51. The van der Waals surface area contributed by atoms with Crippen LogP contribution in [0.5, 0.6) is 0 Å². The lowest BCUT2D eigenvalue weighted by Crippen LogP contribution is -2.69. The van der Waals surface area contributed by atoms with Gasteiger partial charge in [-0.05, 0) is 56.2 Å². The normalized spacial score (nSPS) is 45.3. The molecule has 3 unspecified atom stereocenters. The summed E-state index contributed by atoms with van der Waals surface area (Å²) < 4.78 is 6.14. The zero-order chi connectivity index (χ0) is 20.1. The van der Waals surface area contributed by atoms with E-state index in [2.05, 4.69) is 36.1 Å². The summed E-state index contributed by atoms with van der Waals surface area (Å²) in [5.41, 5.74) is 3.23. The van der Waals surface area contributed by atoms with Crippen LogP contribution in [0.3, 0.4) is 0 Å². The molecule has 7 rings (SSSR count). The Kier molecular flexibility index (Phi) is 3.43. The van der Waals surface area contributed by atoms with Gasteiger partial charge >= 0.3 is 5.97 Å². The molecule has 5 heteroatoms. The van der Waals surface area contributed by atoms with Gasteiger partial charge in [-0.25, -0.2) is 0 Å². The van der Waals surface area contributed by atoms with Gasteiger partial charge in [-0.1, -0.05) is 24.3 Å². The number of benzene rings is 1. The average Bonchev–Trinajstić information content (AvgIpc) is 3.14. The van der Waals surface area contributed by atoms with Gasteiger partial charge in [0.1, 0.15) is 6.10 Å². The number of hydrogen-bond acceptors (Lipinski definition) is 5. The van der Waals surface area contributed by atoms with Crippen LogP contribution in [0.2, 0.25) is 0 Å². The second-order valence-corrected chi connectivity index (χ2v) is 9.51. The molecule has 5 aliphatic heterocycles. The summed E-state index contributed by atoms with van der Waals surface area (Å²) in [5, 5.41) is 0. The van der Waals surface area contributed by atoms with Crippen molar-refractivity contribution in [2.24, 2.45) is 22.7 Å². The fraction of sp³-hybridized carbons (Fsp3) is 0.542. The smallest absolute Gasteiger partial charge is 0.302 e. The molecule has 5 fully saturated rings. The number of fused-ring (bicyclic) bond motifs is 2. The Morgan fingerprint density at radius 1 is 1.28 bits per heavy atom. The highest BCUT2D eigenvalue weighted by Gasteiger charge is 2.74. The Balaban J connectivity index is 1.53. The minimum absolute atomic E-state index is 0.0891. The van der Waals surface area contributed by atoms with E-state index in [1.165, 1.54) is 18.2 Å². The van der Waals surface area contributed by atoms with Crippen molar-refractivity contribution < 1.29 is 14.3 Å². The molecule has 5 nitrogen and oxygen atoms in total. The van der Waals surface area contributed by atoms with Gasteiger partial charge < -0.3 is 4.74 Å². The summed E-state index contributed by atoms with van der Waals surface area (Å²) in [6, 6.07) is 9.47. The highest BCUT2D eigenvalue weighted by Crippen LogP contribution is 2.67. The molecular weight excluding hydrogens is 364 g/mol. The maximum atomic E-state index is 12.2. The lowest BCUT2D eigenvalue weighted by Gasteiger charge is -2.60. The highest BCUT2D eigenvalue weighted by molar-refractivity contribution is 6.08. The largest absolute Gasteiger partial charge is 0.461 e. The number of carbonyl (C=O) groups is 2. The van der Waals surface area contributed by atoms with Gasteiger partial charge in [0.15, 0.2) is 5.78 Å². The van der Waals surface area contributed by atoms with Crippen molar-refractivity contribution >= 4 is 23.2 Å². The van der Waals surface area contributed by atoms with E-state index in [9.17, 15) is 9.59 Å². The summed E-state index contributed by atoms with van der Waals surface area (Å²) >= 11 is 0. The number of rotatable bonds is 3. The van der Waals surface area contributed by atoms with Gasteiger partial charge in [-0.2, -0.15) is 0 Å². The molecule has 6 aliphatic rings. The van der Waals surface area contributed by atoms with Crippen LogP contribution in [0.4, 0.5) is 5.69 Å². The number of ether oxygens (including phenoxy) is 1. The zero-order valence-corrected chi connectivity index (χ0v) is 17.0. The number of aliphatic imine (C=N–C) groups is 1. The Bertz CT molecular complexity index is 998. The summed E-state index contributed by atoms with van der Waals surface area (Å²) in [4.78, 5) is 31.6. The van der Waals surface area contributed by atoms with Gasteiger partial charge in [0, 0.05) is 24.9 Å². The molecule has 0 radical (unpaired) electrons. The van der Waals surface area contributed by atoms with Gasteiger partial charge in [0.25, 0.3) is 0 Å². The van der Waals surface area contributed by atoms with Crippen molar-refractivity contribution in [2.45, 2.75) is 63.3 Å². The van der Waals surface area contributed by atoms with Crippen LogP contribution in [-0.4, -0.2) is 46.6 Å². The highest BCUT2D eigenvalue weighted by atomic mass is 16.5. The van der Waals surface area contributed by atoms with Gasteiger partial charge in [-0.15, -0.1) is 0 Å². The fourth-order valence-corrected chi connectivity index (χ4v) is 7.61. The number of hydrogen-bond donors (Lipinski definition) is 0. The number of carbonyl (C=O) groups excluding carboxylic acids is 2. The topological polar surface area (TPSA) is 59.0 Å². The first-order valence-electron chi connectivity index (χ1n) is 10.8. The van der Waals surface area contributed by atoms with Crippen LogP contribution in [-0.2, 0) is 19.7 Å². The zero-order valence-electron chi connectivity index (χ0n) is 17.0. The van der Waals surface area contributed by atoms with Crippen LogP contribution >= 0.6 is 0 Å². The van der Waals surface area contributed by atoms with Crippen LogP contribution in [0.15, 0.2) is 41.4 Å². The van der Waals surface area contributed by atoms with E-state index in [1.54, 1.807) is 13.0 Å². The van der Waals surface area contributed by atoms with Gasteiger partial charge in [-0.3, -0.25) is 19.5 Å². The molecule has 0 N–H and O–H groups in total. The first-order valence-corrected chi connectivity index (χ1v) is 10.8. The molecule has 150 valence electrons. The molecule has 9 atom stereocenters. The van der Waals surface area contributed by atoms with Crippen molar-refractivity contribution in [3.63, 3.8) is 0 Å². The number of allylic oxidation sites excluding steroid dienone is 1. The van der Waals surface area contributed by atoms with E-state index < -0.39 is 0 Å². The molecule has 5 bridgehead atoms. The van der Waals surface area contributed by atoms with E-state index in [4.69, 9.17) is 9.73 Å². The minimum Gasteiger partial charge on any atom is -0.461 e. The van der Waals surface area contributed by atoms with E-state index >= 15 is 0 Å². The van der Waals surface area contributed by atoms with E-state index in [1.807, 2.05) is 6.07 Å². The number of esters is 1. The Labute approximate surface area is 170 Å². The monoisotopic (exact) mass is 390 g/mol. The van der Waals surface area contributed by atoms with Crippen LogP contribution in [0, 0.1) is 17.8 Å². The minimum atomic E-state index is -0.271. The molecule has 1 aliphatic carbocycles. The lowest BCUT2D eigenvalue weighted by molar-refractivity contribution is -0.156. The quantitative estimate of drug-likeness (QED) is 0.587. The second kappa shape index (κ2) is 5.66. The van der Waals surface area contributed by atoms with Crippen LogP contribution in [0.25, 0.3) is 0 Å². The number of nitrogens with zero attached hydrogens (tertiary/aromatic N) is 2. The third-order valence-electron chi connectivity index (χ3n) is 8.31. The molecule has 1 spiro atoms. The number of para-hydroxylation sites is 1. The predicted octanol–water partition coefficient (Wildman–Crippen LogP) is 3.20. The van der Waals surface area contributed by atoms with Gasteiger partial charge in [0.05, 0.1) is 22.9 Å². The predicted molar refractivity (Wildman–Crippen MR) is 109 cm³/mol. The molecule has 0 aromatic heterocycles. The average molecular weight is 390 g/mol. The van der Waals surface area contributed by atoms with Crippen molar-refractivity contribution in [3.05, 3.63) is 42.0 Å². The maximum Gasteiger partial charge on any atom is 0.302 e. The number of ketones is 1. The number of piperidine rings is 4.